The van der Waals surface area contributed by atoms with E-state index in [1.165, 1.54) is 0 Å². The second-order valence-electron chi connectivity index (χ2n) is 7.48. The Balaban J connectivity index is 1.36. The number of nitrogens with two attached hydrogens (primary N) is 1. The third kappa shape index (κ3) is 3.93. The Labute approximate surface area is 187 Å². The number of nitrogen functional groups attached to an aromatic ring is 1. The number of aromatic nitrogens is 6. The van der Waals surface area contributed by atoms with E-state index >= 15 is 0 Å². The highest BCUT2D eigenvalue weighted by atomic mass is 35.5. The van der Waals surface area contributed by atoms with Gasteiger partial charge in [-0.05, 0) is 24.1 Å². The van der Waals surface area contributed by atoms with Crippen molar-refractivity contribution in [1.82, 2.24) is 29.3 Å². The molecule has 2 N–H and O–H groups in total. The van der Waals surface area contributed by atoms with Crippen molar-refractivity contribution in [1.29, 1.82) is 0 Å². The molecule has 0 radical (unpaired) electrons. The highest BCUT2D eigenvalue weighted by Gasteiger charge is 2.37. The SMILES string of the molecule is Nc1nn2c(C(F)(F)F)ncc2c(=O)n1Cc1nc([C@@H]2CO[C@@H](c3ccc(Cl)cc3)C2)no1. The summed E-state index contributed by atoms with van der Waals surface area (Å²) in [5.41, 5.74) is 5.52. The molecule has 0 amide bonds. The van der Waals surface area contributed by atoms with Crippen LogP contribution in [0.25, 0.3) is 5.52 Å². The van der Waals surface area contributed by atoms with E-state index in [9.17, 15) is 18.0 Å². The Morgan fingerprint density at radius 3 is 2.73 bits per heavy atom. The highest BCUT2D eigenvalue weighted by molar-refractivity contribution is 6.30. The third-order valence-electron chi connectivity index (χ3n) is 5.32. The van der Waals surface area contributed by atoms with Gasteiger partial charge < -0.3 is 15.0 Å². The number of nitrogens with zero attached hydrogens (tertiary/aromatic N) is 6. The zero-order chi connectivity index (χ0) is 23.3. The van der Waals surface area contributed by atoms with E-state index in [-0.39, 0.29) is 30.0 Å². The summed E-state index contributed by atoms with van der Waals surface area (Å²) in [6.45, 7) is 0.111. The molecule has 4 heterocycles. The van der Waals surface area contributed by atoms with Gasteiger partial charge in [-0.15, -0.1) is 5.10 Å². The van der Waals surface area contributed by atoms with Crippen molar-refractivity contribution in [2.75, 3.05) is 12.3 Å². The van der Waals surface area contributed by atoms with Gasteiger partial charge in [0.1, 0.15) is 6.54 Å². The lowest BCUT2D eigenvalue weighted by Gasteiger charge is -2.09. The van der Waals surface area contributed by atoms with Crippen molar-refractivity contribution in [2.24, 2.45) is 0 Å². The lowest BCUT2D eigenvalue weighted by Crippen LogP contribution is -2.28. The molecule has 5 rings (SSSR count). The van der Waals surface area contributed by atoms with Crippen LogP contribution in [0.4, 0.5) is 19.1 Å². The molecule has 0 saturated carbocycles. The minimum Gasteiger partial charge on any atom is -0.373 e. The smallest absolute Gasteiger partial charge is 0.373 e. The van der Waals surface area contributed by atoms with Gasteiger partial charge in [-0.3, -0.25) is 9.36 Å². The molecule has 0 spiro atoms. The van der Waals surface area contributed by atoms with Gasteiger partial charge in [0.15, 0.2) is 11.3 Å². The van der Waals surface area contributed by atoms with Gasteiger partial charge in [-0.1, -0.05) is 28.9 Å². The number of hydrogen-bond acceptors (Lipinski definition) is 8. The molecule has 10 nitrogen and oxygen atoms in total. The van der Waals surface area contributed by atoms with Crippen molar-refractivity contribution in [2.45, 2.75) is 31.2 Å². The number of fused-ring (bicyclic) bond motifs is 1. The van der Waals surface area contributed by atoms with Crippen LogP contribution in [0.1, 0.15) is 41.5 Å². The van der Waals surface area contributed by atoms with Crippen molar-refractivity contribution in [3.05, 3.63) is 68.9 Å². The molecule has 1 fully saturated rings. The Morgan fingerprint density at radius 2 is 2.00 bits per heavy atom. The second kappa shape index (κ2) is 7.85. The molecule has 1 aliphatic rings. The summed E-state index contributed by atoms with van der Waals surface area (Å²) in [7, 11) is 0. The van der Waals surface area contributed by atoms with Crippen LogP contribution in [0.2, 0.25) is 5.02 Å². The van der Waals surface area contributed by atoms with E-state index in [1.54, 1.807) is 12.1 Å². The first-order valence-corrected chi connectivity index (χ1v) is 10.1. The number of benzene rings is 1. The first kappa shape index (κ1) is 21.4. The molecule has 0 unspecified atom stereocenters. The fraction of sp³-hybridized carbons (Fsp3) is 0.316. The van der Waals surface area contributed by atoms with Crippen molar-refractivity contribution >= 4 is 23.1 Å². The summed E-state index contributed by atoms with van der Waals surface area (Å²) in [4.78, 5) is 20.2. The fourth-order valence-corrected chi connectivity index (χ4v) is 3.81. The van der Waals surface area contributed by atoms with Crippen LogP contribution in [-0.4, -0.2) is 35.9 Å². The topological polar surface area (TPSA) is 126 Å². The van der Waals surface area contributed by atoms with Gasteiger partial charge in [0.25, 0.3) is 5.56 Å². The summed E-state index contributed by atoms with van der Waals surface area (Å²) in [5, 5.41) is 8.24. The molecule has 2 atom stereocenters. The van der Waals surface area contributed by atoms with E-state index in [4.69, 9.17) is 26.6 Å². The van der Waals surface area contributed by atoms with Crippen LogP contribution in [0.3, 0.4) is 0 Å². The zero-order valence-corrected chi connectivity index (χ0v) is 17.4. The maximum Gasteiger partial charge on any atom is 0.451 e. The van der Waals surface area contributed by atoms with Gasteiger partial charge in [0, 0.05) is 10.9 Å². The second-order valence-corrected chi connectivity index (χ2v) is 7.92. The number of ether oxygens (including phenoxy) is 1. The Morgan fingerprint density at radius 1 is 1.24 bits per heavy atom. The van der Waals surface area contributed by atoms with Crippen LogP contribution in [0.5, 0.6) is 0 Å². The summed E-state index contributed by atoms with van der Waals surface area (Å²) in [6.07, 6.45) is -3.53. The van der Waals surface area contributed by atoms with Crippen LogP contribution in [0.15, 0.2) is 39.8 Å². The maximum atomic E-state index is 13.0. The number of halogens is 4. The first-order chi connectivity index (χ1) is 15.7. The monoisotopic (exact) mass is 481 g/mol. The minimum absolute atomic E-state index is 0.0513. The Bertz CT molecular complexity index is 1380. The molecule has 1 aliphatic heterocycles. The van der Waals surface area contributed by atoms with Crippen LogP contribution in [0, 0.1) is 0 Å². The molecule has 4 aromatic rings. The van der Waals surface area contributed by atoms with Crippen LogP contribution >= 0.6 is 11.6 Å². The van der Waals surface area contributed by atoms with E-state index < -0.39 is 23.5 Å². The summed E-state index contributed by atoms with van der Waals surface area (Å²) < 4.78 is 51.5. The maximum absolute atomic E-state index is 13.0. The number of imidazole rings is 1. The van der Waals surface area contributed by atoms with Crippen molar-refractivity contribution < 1.29 is 22.4 Å². The van der Waals surface area contributed by atoms with Crippen molar-refractivity contribution in [3.8, 4) is 0 Å². The predicted molar refractivity (Wildman–Crippen MR) is 108 cm³/mol. The van der Waals surface area contributed by atoms with Crippen LogP contribution < -0.4 is 11.3 Å². The van der Waals surface area contributed by atoms with Crippen LogP contribution in [-0.2, 0) is 17.5 Å². The summed E-state index contributed by atoms with van der Waals surface area (Å²) in [6, 6.07) is 7.34. The molecule has 33 heavy (non-hydrogen) atoms. The first-order valence-electron chi connectivity index (χ1n) is 9.71. The zero-order valence-electron chi connectivity index (χ0n) is 16.7. The normalized spacial score (nSPS) is 18.9. The Kier molecular flexibility index (Phi) is 5.09. The lowest BCUT2D eigenvalue weighted by atomic mass is 10.0. The van der Waals surface area contributed by atoms with E-state index in [0.29, 0.717) is 28.4 Å². The quantitative estimate of drug-likeness (QED) is 0.471. The number of anilines is 1. The highest BCUT2D eigenvalue weighted by Crippen LogP contribution is 2.37. The molecule has 0 aliphatic carbocycles. The average molecular weight is 482 g/mol. The molecule has 3 aromatic heterocycles. The van der Waals surface area contributed by atoms with Gasteiger partial charge in [0.05, 0.1) is 18.9 Å². The van der Waals surface area contributed by atoms with Gasteiger partial charge >= 0.3 is 6.18 Å². The fourth-order valence-electron chi connectivity index (χ4n) is 3.69. The van der Waals surface area contributed by atoms with E-state index in [0.717, 1.165) is 16.3 Å². The molecule has 0 bridgehead atoms. The molecule has 172 valence electrons. The molecule has 1 aromatic carbocycles. The Hall–Kier alpha value is -3.45. The van der Waals surface area contributed by atoms with E-state index in [2.05, 4.69) is 20.2 Å². The number of hydrogen-bond donors (Lipinski definition) is 1. The number of rotatable bonds is 4. The average Bonchev–Trinajstić information content (AvgIpc) is 3.50. The molecular weight excluding hydrogens is 467 g/mol. The van der Waals surface area contributed by atoms with E-state index in [1.807, 2.05) is 12.1 Å². The predicted octanol–water partition coefficient (Wildman–Crippen LogP) is 2.82. The third-order valence-corrected chi connectivity index (χ3v) is 5.57. The van der Waals surface area contributed by atoms with Crippen molar-refractivity contribution in [3.63, 3.8) is 0 Å². The molecule has 14 heteroatoms. The molecular formula is C19H15ClF3N7O3. The molecule has 1 saturated heterocycles. The van der Waals surface area contributed by atoms with Gasteiger partial charge in [0.2, 0.25) is 17.7 Å². The minimum atomic E-state index is -4.79. The standard InChI is InChI=1S/C19H15ClF3N7O3/c20-11-3-1-9(2-4-11)13-5-10(8-32-13)15-26-14(33-28-15)7-29-16(31)12-6-25-17(19(21,22)23)30(12)27-18(29)24/h1-4,6,10,13H,5,7-8H2,(H2,24,27)/t10-,13+/m0/s1. The summed E-state index contributed by atoms with van der Waals surface area (Å²) in [5.74, 6) is -1.49. The largest absolute Gasteiger partial charge is 0.451 e. The number of alkyl halides is 3. The van der Waals surface area contributed by atoms with Gasteiger partial charge in [-0.25, -0.2) is 9.50 Å². The summed E-state index contributed by atoms with van der Waals surface area (Å²) >= 11 is 5.92. The lowest BCUT2D eigenvalue weighted by molar-refractivity contribution is -0.146. The van der Waals surface area contributed by atoms with Gasteiger partial charge in [-0.2, -0.15) is 18.2 Å².